The molecule has 1 N–H and O–H groups in total. The molecule has 3 rings (SSSR count). The lowest BCUT2D eigenvalue weighted by atomic mass is 10.00. The lowest BCUT2D eigenvalue weighted by Gasteiger charge is -2.06. The molecule has 0 fully saturated rings. The van der Waals surface area contributed by atoms with Gasteiger partial charge in [-0.15, -0.1) is 0 Å². The third-order valence-electron chi connectivity index (χ3n) is 2.92. The normalized spacial score (nSPS) is 10.8. The van der Waals surface area contributed by atoms with Crippen LogP contribution in [0.4, 0.5) is 0 Å². The maximum atomic E-state index is 4.20. The molecule has 1 aromatic carbocycles. The Balaban J connectivity index is 2.34. The Morgan fingerprint density at radius 3 is 2.88 bits per heavy atom. The molecule has 0 bridgehead atoms. The quantitative estimate of drug-likeness (QED) is 0.651. The van der Waals surface area contributed by atoms with Gasteiger partial charge in [-0.3, -0.25) is 4.98 Å². The van der Waals surface area contributed by atoms with Crippen molar-refractivity contribution in [3.05, 3.63) is 54.5 Å². The van der Waals surface area contributed by atoms with Gasteiger partial charge in [-0.05, 0) is 36.2 Å². The monoisotopic (exact) mass is 208 g/mol. The zero-order chi connectivity index (χ0) is 11.0. The maximum absolute atomic E-state index is 4.20. The molecule has 0 atom stereocenters. The Hall–Kier alpha value is -2.09. The molecule has 0 saturated heterocycles. The zero-order valence-corrected chi connectivity index (χ0v) is 9.07. The number of rotatable bonds is 1. The summed E-state index contributed by atoms with van der Waals surface area (Å²) in [6.45, 7) is 2.11. The van der Waals surface area contributed by atoms with Crippen LogP contribution < -0.4 is 0 Å². The van der Waals surface area contributed by atoms with Crippen LogP contribution in [0.3, 0.4) is 0 Å². The largest absolute Gasteiger partial charge is 0.361 e. The highest BCUT2D eigenvalue weighted by atomic mass is 14.7. The van der Waals surface area contributed by atoms with Gasteiger partial charge in [0.05, 0.1) is 0 Å². The lowest BCUT2D eigenvalue weighted by molar-refractivity contribution is 1.29. The van der Waals surface area contributed by atoms with Crippen molar-refractivity contribution in [1.82, 2.24) is 9.97 Å². The Labute approximate surface area is 94.0 Å². The second kappa shape index (κ2) is 3.49. The van der Waals surface area contributed by atoms with Crippen molar-refractivity contribution >= 4 is 10.9 Å². The Morgan fingerprint density at radius 2 is 2.00 bits per heavy atom. The van der Waals surface area contributed by atoms with Gasteiger partial charge in [0.15, 0.2) is 0 Å². The first-order valence-corrected chi connectivity index (χ1v) is 5.33. The van der Waals surface area contributed by atoms with Gasteiger partial charge in [-0.1, -0.05) is 12.1 Å². The number of hydrogen-bond acceptors (Lipinski definition) is 1. The molecule has 78 valence electrons. The van der Waals surface area contributed by atoms with E-state index in [9.17, 15) is 0 Å². The molecule has 2 nitrogen and oxygen atoms in total. The van der Waals surface area contributed by atoms with Crippen LogP contribution in [-0.4, -0.2) is 9.97 Å². The summed E-state index contributed by atoms with van der Waals surface area (Å²) >= 11 is 0. The van der Waals surface area contributed by atoms with E-state index in [4.69, 9.17) is 0 Å². The second-order valence-electron chi connectivity index (χ2n) is 3.94. The topological polar surface area (TPSA) is 28.7 Å². The highest BCUT2D eigenvalue weighted by Crippen LogP contribution is 2.29. The molecule has 0 saturated carbocycles. The van der Waals surface area contributed by atoms with Crippen molar-refractivity contribution < 1.29 is 0 Å². The molecule has 0 radical (unpaired) electrons. The van der Waals surface area contributed by atoms with Crippen LogP contribution in [0.25, 0.3) is 22.0 Å². The minimum Gasteiger partial charge on any atom is -0.361 e. The molecule has 0 aliphatic rings. The summed E-state index contributed by atoms with van der Waals surface area (Å²) in [7, 11) is 0. The molecule has 2 heterocycles. The highest BCUT2D eigenvalue weighted by molar-refractivity contribution is 5.95. The molecular weight excluding hydrogens is 196 g/mol. The van der Waals surface area contributed by atoms with Crippen molar-refractivity contribution in [2.45, 2.75) is 6.92 Å². The number of fused-ring (bicyclic) bond motifs is 1. The van der Waals surface area contributed by atoms with Crippen LogP contribution in [0.15, 0.2) is 48.9 Å². The molecule has 0 aliphatic carbocycles. The number of H-pyrrole nitrogens is 1. The summed E-state index contributed by atoms with van der Waals surface area (Å²) in [5, 5.41) is 1.25. The minimum atomic E-state index is 1.17. The van der Waals surface area contributed by atoms with Crippen molar-refractivity contribution in [3.8, 4) is 11.1 Å². The second-order valence-corrected chi connectivity index (χ2v) is 3.94. The van der Waals surface area contributed by atoms with Crippen LogP contribution in [-0.2, 0) is 0 Å². The van der Waals surface area contributed by atoms with E-state index in [1.54, 1.807) is 0 Å². The fourth-order valence-corrected chi connectivity index (χ4v) is 2.07. The van der Waals surface area contributed by atoms with E-state index in [1.165, 1.54) is 27.6 Å². The molecule has 0 aliphatic heterocycles. The van der Waals surface area contributed by atoms with E-state index < -0.39 is 0 Å². The number of aromatic nitrogens is 2. The first kappa shape index (κ1) is 9.16. The molecule has 3 aromatic rings. The Kier molecular flexibility index (Phi) is 2.00. The number of pyridine rings is 1. The summed E-state index contributed by atoms with van der Waals surface area (Å²) in [5.74, 6) is 0. The van der Waals surface area contributed by atoms with E-state index in [0.29, 0.717) is 0 Å². The van der Waals surface area contributed by atoms with E-state index in [0.717, 1.165) is 0 Å². The molecular formula is C14H12N2. The van der Waals surface area contributed by atoms with Crippen molar-refractivity contribution in [3.63, 3.8) is 0 Å². The summed E-state index contributed by atoms with van der Waals surface area (Å²) in [6.07, 6.45) is 5.73. The van der Waals surface area contributed by atoms with Gasteiger partial charge in [0.25, 0.3) is 0 Å². The number of nitrogens with one attached hydrogen (secondary N) is 1. The van der Waals surface area contributed by atoms with Crippen LogP contribution in [0.2, 0.25) is 0 Å². The fourth-order valence-electron chi connectivity index (χ4n) is 2.07. The first-order chi connectivity index (χ1) is 7.86. The number of hydrogen-bond donors (Lipinski definition) is 1. The van der Waals surface area contributed by atoms with Gasteiger partial charge in [-0.25, -0.2) is 0 Å². The maximum Gasteiger partial charge on any atom is 0.0460 e. The minimum absolute atomic E-state index is 1.17. The zero-order valence-electron chi connectivity index (χ0n) is 9.07. The standard InChI is InChI=1S/C14H12N2/c1-10-5-7-15-9-13(10)11-3-2-4-14-12(11)6-8-16-14/h2-9,16H,1H3. The number of benzene rings is 1. The Morgan fingerprint density at radius 1 is 1.06 bits per heavy atom. The van der Waals surface area contributed by atoms with Crippen LogP contribution in [0, 0.1) is 6.92 Å². The summed E-state index contributed by atoms with van der Waals surface area (Å²) in [6, 6.07) is 10.4. The average molecular weight is 208 g/mol. The third-order valence-corrected chi connectivity index (χ3v) is 2.92. The van der Waals surface area contributed by atoms with Crippen molar-refractivity contribution in [2.75, 3.05) is 0 Å². The van der Waals surface area contributed by atoms with E-state index in [1.807, 2.05) is 24.7 Å². The van der Waals surface area contributed by atoms with Crippen LogP contribution in [0.5, 0.6) is 0 Å². The average Bonchev–Trinajstić information content (AvgIpc) is 2.77. The van der Waals surface area contributed by atoms with Crippen molar-refractivity contribution in [1.29, 1.82) is 0 Å². The van der Waals surface area contributed by atoms with Gasteiger partial charge < -0.3 is 4.98 Å². The number of aryl methyl sites for hydroxylation is 1. The predicted molar refractivity (Wildman–Crippen MR) is 66.3 cm³/mol. The van der Waals surface area contributed by atoms with Gasteiger partial charge in [0, 0.05) is 35.1 Å². The molecule has 0 spiro atoms. The third kappa shape index (κ3) is 1.31. The fraction of sp³-hybridized carbons (Fsp3) is 0.0714. The first-order valence-electron chi connectivity index (χ1n) is 5.33. The number of nitrogens with zero attached hydrogens (tertiary/aromatic N) is 1. The molecule has 0 unspecified atom stereocenters. The summed E-state index contributed by atoms with van der Waals surface area (Å²) in [4.78, 5) is 7.43. The highest BCUT2D eigenvalue weighted by Gasteiger charge is 2.06. The van der Waals surface area contributed by atoms with Gasteiger partial charge >= 0.3 is 0 Å². The predicted octanol–water partition coefficient (Wildman–Crippen LogP) is 3.54. The Bertz CT molecular complexity index is 638. The molecule has 2 aromatic heterocycles. The summed E-state index contributed by atoms with van der Waals surface area (Å²) in [5.41, 5.74) is 4.86. The van der Waals surface area contributed by atoms with Gasteiger partial charge in [-0.2, -0.15) is 0 Å². The molecule has 2 heteroatoms. The van der Waals surface area contributed by atoms with E-state index in [-0.39, 0.29) is 0 Å². The van der Waals surface area contributed by atoms with Crippen LogP contribution in [0.1, 0.15) is 5.56 Å². The van der Waals surface area contributed by atoms with Crippen molar-refractivity contribution in [2.24, 2.45) is 0 Å². The SMILES string of the molecule is Cc1ccncc1-c1cccc2[nH]ccc12. The van der Waals surface area contributed by atoms with Gasteiger partial charge in [0.2, 0.25) is 0 Å². The number of aromatic amines is 1. The van der Waals surface area contributed by atoms with E-state index >= 15 is 0 Å². The van der Waals surface area contributed by atoms with E-state index in [2.05, 4.69) is 41.2 Å². The smallest absolute Gasteiger partial charge is 0.0460 e. The van der Waals surface area contributed by atoms with Gasteiger partial charge in [0.1, 0.15) is 0 Å². The lowest BCUT2D eigenvalue weighted by Crippen LogP contribution is -1.85. The van der Waals surface area contributed by atoms with Crippen LogP contribution >= 0.6 is 0 Å². The molecule has 16 heavy (non-hydrogen) atoms. The summed E-state index contributed by atoms with van der Waals surface area (Å²) < 4.78 is 0. The molecule has 0 amide bonds.